The number of thiophene rings is 1. The van der Waals surface area contributed by atoms with Crippen LogP contribution in [-0.2, 0) is 4.79 Å². The molecule has 1 heterocycles. The molecule has 2 amide bonds. The maximum atomic E-state index is 12.0. The molecule has 19 heavy (non-hydrogen) atoms. The lowest BCUT2D eigenvalue weighted by Crippen LogP contribution is -2.43. The minimum atomic E-state index is -0.166. The van der Waals surface area contributed by atoms with Crippen LogP contribution in [0.4, 0.5) is 0 Å². The van der Waals surface area contributed by atoms with Gasteiger partial charge in [0.15, 0.2) is 0 Å². The fourth-order valence-electron chi connectivity index (χ4n) is 2.45. The molecule has 1 N–H and O–H groups in total. The molecule has 5 heteroatoms. The quantitative estimate of drug-likeness (QED) is 0.919. The highest BCUT2D eigenvalue weighted by Gasteiger charge is 2.22. The van der Waals surface area contributed by atoms with E-state index >= 15 is 0 Å². The van der Waals surface area contributed by atoms with Crippen molar-refractivity contribution in [2.75, 3.05) is 13.6 Å². The molecule has 0 aromatic carbocycles. The van der Waals surface area contributed by atoms with Crippen molar-refractivity contribution in [1.82, 2.24) is 10.2 Å². The summed E-state index contributed by atoms with van der Waals surface area (Å²) in [6, 6.07) is 3.94. The van der Waals surface area contributed by atoms with Gasteiger partial charge >= 0.3 is 0 Å². The maximum Gasteiger partial charge on any atom is 0.261 e. The van der Waals surface area contributed by atoms with Crippen molar-refractivity contribution in [2.45, 2.75) is 38.1 Å². The zero-order valence-electron chi connectivity index (χ0n) is 11.2. The van der Waals surface area contributed by atoms with Gasteiger partial charge in [-0.05, 0) is 24.3 Å². The lowest BCUT2D eigenvalue weighted by atomic mass is 9.94. The van der Waals surface area contributed by atoms with E-state index in [0.29, 0.717) is 10.9 Å². The summed E-state index contributed by atoms with van der Waals surface area (Å²) >= 11 is 1.38. The number of likely N-dealkylation sites (N-methyl/N-ethyl adjacent to an activating group) is 1. The van der Waals surface area contributed by atoms with E-state index in [-0.39, 0.29) is 18.4 Å². The number of carbonyl (C=O) groups excluding carboxylic acids is 2. The average Bonchev–Trinajstić information content (AvgIpc) is 2.98. The summed E-state index contributed by atoms with van der Waals surface area (Å²) < 4.78 is 0. The summed E-state index contributed by atoms with van der Waals surface area (Å²) in [5.74, 6) is -0.169. The molecule has 1 aromatic rings. The third kappa shape index (κ3) is 3.80. The van der Waals surface area contributed by atoms with Crippen molar-refractivity contribution in [2.24, 2.45) is 0 Å². The van der Waals surface area contributed by atoms with Gasteiger partial charge in [-0.3, -0.25) is 9.59 Å². The number of rotatable bonds is 4. The Morgan fingerprint density at radius 1 is 1.37 bits per heavy atom. The molecular weight excluding hydrogens is 260 g/mol. The third-order valence-corrected chi connectivity index (χ3v) is 4.53. The van der Waals surface area contributed by atoms with E-state index in [1.807, 2.05) is 18.5 Å². The number of carbonyl (C=O) groups is 2. The molecule has 0 atom stereocenters. The molecule has 0 radical (unpaired) electrons. The van der Waals surface area contributed by atoms with Crippen LogP contribution in [0, 0.1) is 0 Å². The molecule has 0 unspecified atom stereocenters. The number of nitrogens with one attached hydrogen (secondary N) is 1. The highest BCUT2D eigenvalue weighted by Crippen LogP contribution is 2.21. The van der Waals surface area contributed by atoms with E-state index in [1.54, 1.807) is 11.0 Å². The Bertz CT molecular complexity index is 425. The second kappa shape index (κ2) is 6.70. The SMILES string of the molecule is CN(C(=O)CNC(=O)c1cccs1)C1CCCCC1. The molecule has 1 fully saturated rings. The average molecular weight is 280 g/mol. The summed E-state index contributed by atoms with van der Waals surface area (Å²) in [4.78, 5) is 26.2. The molecule has 0 aliphatic heterocycles. The predicted molar refractivity (Wildman–Crippen MR) is 76.3 cm³/mol. The molecule has 0 saturated heterocycles. The molecule has 1 aliphatic rings. The smallest absolute Gasteiger partial charge is 0.261 e. The molecule has 0 spiro atoms. The first-order valence-electron chi connectivity index (χ1n) is 6.76. The van der Waals surface area contributed by atoms with Crippen LogP contribution < -0.4 is 5.32 Å². The van der Waals surface area contributed by atoms with Crippen LogP contribution in [0.5, 0.6) is 0 Å². The van der Waals surface area contributed by atoms with Crippen molar-refractivity contribution in [3.8, 4) is 0 Å². The van der Waals surface area contributed by atoms with Gasteiger partial charge in [0.05, 0.1) is 11.4 Å². The van der Waals surface area contributed by atoms with Gasteiger partial charge in [0, 0.05) is 13.1 Å². The Morgan fingerprint density at radius 3 is 2.74 bits per heavy atom. The Hall–Kier alpha value is -1.36. The minimum Gasteiger partial charge on any atom is -0.342 e. The summed E-state index contributed by atoms with van der Waals surface area (Å²) in [6.07, 6.45) is 5.84. The molecule has 1 aliphatic carbocycles. The summed E-state index contributed by atoms with van der Waals surface area (Å²) in [5, 5.41) is 4.54. The Morgan fingerprint density at radius 2 is 2.11 bits per heavy atom. The first kappa shape index (κ1) is 14.1. The van der Waals surface area contributed by atoms with E-state index < -0.39 is 0 Å². The lowest BCUT2D eigenvalue weighted by molar-refractivity contribution is -0.131. The molecule has 104 valence electrons. The van der Waals surface area contributed by atoms with Crippen LogP contribution in [0.15, 0.2) is 17.5 Å². The van der Waals surface area contributed by atoms with Gasteiger partial charge in [-0.15, -0.1) is 11.3 Å². The predicted octanol–water partition coefficient (Wildman–Crippen LogP) is 2.27. The zero-order chi connectivity index (χ0) is 13.7. The highest BCUT2D eigenvalue weighted by atomic mass is 32.1. The highest BCUT2D eigenvalue weighted by molar-refractivity contribution is 7.12. The van der Waals surface area contributed by atoms with Crippen molar-refractivity contribution < 1.29 is 9.59 Å². The van der Waals surface area contributed by atoms with Gasteiger partial charge in [0.2, 0.25) is 5.91 Å². The van der Waals surface area contributed by atoms with Gasteiger partial charge in [0.1, 0.15) is 0 Å². The number of nitrogens with zero attached hydrogens (tertiary/aromatic N) is 1. The first-order valence-corrected chi connectivity index (χ1v) is 7.64. The zero-order valence-corrected chi connectivity index (χ0v) is 12.0. The topological polar surface area (TPSA) is 49.4 Å². The Kier molecular flexibility index (Phi) is 4.96. The molecule has 4 nitrogen and oxygen atoms in total. The van der Waals surface area contributed by atoms with Crippen LogP contribution in [0.25, 0.3) is 0 Å². The molecule has 2 rings (SSSR count). The largest absolute Gasteiger partial charge is 0.342 e. The van der Waals surface area contributed by atoms with E-state index in [1.165, 1.54) is 30.6 Å². The number of amides is 2. The standard InChI is InChI=1S/C14H20N2O2S/c1-16(11-6-3-2-4-7-11)13(17)10-15-14(18)12-8-5-9-19-12/h5,8-9,11H,2-4,6-7,10H2,1H3,(H,15,18). The van der Waals surface area contributed by atoms with Gasteiger partial charge in [-0.2, -0.15) is 0 Å². The molecule has 0 bridgehead atoms. The van der Waals surface area contributed by atoms with Crippen molar-refractivity contribution in [3.05, 3.63) is 22.4 Å². The molecular formula is C14H20N2O2S. The number of hydrogen-bond donors (Lipinski definition) is 1. The van der Waals surface area contributed by atoms with Crippen molar-refractivity contribution in [1.29, 1.82) is 0 Å². The lowest BCUT2D eigenvalue weighted by Gasteiger charge is -2.31. The number of hydrogen-bond acceptors (Lipinski definition) is 3. The Balaban J connectivity index is 1.78. The van der Waals surface area contributed by atoms with E-state index in [2.05, 4.69) is 5.32 Å². The molecule has 1 aromatic heterocycles. The summed E-state index contributed by atoms with van der Waals surface area (Å²) in [5.41, 5.74) is 0. The van der Waals surface area contributed by atoms with Crippen molar-refractivity contribution >= 4 is 23.2 Å². The van der Waals surface area contributed by atoms with E-state index in [4.69, 9.17) is 0 Å². The third-order valence-electron chi connectivity index (χ3n) is 3.66. The fourth-order valence-corrected chi connectivity index (χ4v) is 3.09. The van der Waals surface area contributed by atoms with Crippen molar-refractivity contribution in [3.63, 3.8) is 0 Å². The normalized spacial score (nSPS) is 16.1. The summed E-state index contributed by atoms with van der Waals surface area (Å²) in [6.45, 7) is 0.0870. The summed E-state index contributed by atoms with van der Waals surface area (Å²) in [7, 11) is 1.84. The van der Waals surface area contributed by atoms with Crippen LogP contribution in [-0.4, -0.2) is 36.3 Å². The first-order chi connectivity index (χ1) is 9.18. The van der Waals surface area contributed by atoms with Crippen LogP contribution in [0.1, 0.15) is 41.8 Å². The Labute approximate surface area is 117 Å². The van der Waals surface area contributed by atoms with Gasteiger partial charge in [-0.25, -0.2) is 0 Å². The van der Waals surface area contributed by atoms with Gasteiger partial charge in [0.25, 0.3) is 5.91 Å². The van der Waals surface area contributed by atoms with Crippen LogP contribution in [0.2, 0.25) is 0 Å². The second-order valence-electron chi connectivity index (χ2n) is 4.96. The van der Waals surface area contributed by atoms with E-state index in [9.17, 15) is 9.59 Å². The maximum absolute atomic E-state index is 12.0. The van der Waals surface area contributed by atoms with Gasteiger partial charge < -0.3 is 10.2 Å². The van der Waals surface area contributed by atoms with Crippen LogP contribution >= 0.6 is 11.3 Å². The van der Waals surface area contributed by atoms with Gasteiger partial charge in [-0.1, -0.05) is 25.3 Å². The second-order valence-corrected chi connectivity index (χ2v) is 5.90. The van der Waals surface area contributed by atoms with E-state index in [0.717, 1.165) is 12.8 Å². The monoisotopic (exact) mass is 280 g/mol. The van der Waals surface area contributed by atoms with Crippen LogP contribution in [0.3, 0.4) is 0 Å². The molecule has 1 saturated carbocycles. The minimum absolute atomic E-state index is 0.00296. The fraction of sp³-hybridized carbons (Fsp3) is 0.571.